The van der Waals surface area contributed by atoms with E-state index in [1.165, 1.54) is 5.56 Å². The lowest BCUT2D eigenvalue weighted by Gasteiger charge is -2.36. The number of ether oxygens (including phenoxy) is 1. The number of rotatable bonds is 8. The zero-order valence-electron chi connectivity index (χ0n) is 31.5. The highest BCUT2D eigenvalue weighted by Gasteiger charge is 2.30. The molecule has 9 rings (SSSR count). The molecule has 0 spiro atoms. The summed E-state index contributed by atoms with van der Waals surface area (Å²) in [6.07, 6.45) is 12.1. The van der Waals surface area contributed by atoms with Crippen LogP contribution >= 0.6 is 0 Å². The molecule has 0 radical (unpaired) electrons. The van der Waals surface area contributed by atoms with Gasteiger partial charge >= 0.3 is 0 Å². The van der Waals surface area contributed by atoms with Crippen molar-refractivity contribution in [3.8, 4) is 17.0 Å². The highest BCUT2D eigenvalue weighted by Crippen LogP contribution is 2.36. The van der Waals surface area contributed by atoms with Crippen molar-refractivity contribution < 1.29 is 19.1 Å². The second-order valence-corrected chi connectivity index (χ2v) is 15.4. The van der Waals surface area contributed by atoms with Gasteiger partial charge in [-0.25, -0.2) is 15.0 Å². The van der Waals surface area contributed by atoms with Gasteiger partial charge in [-0.3, -0.25) is 29.3 Å². The number of amides is 3. The van der Waals surface area contributed by atoms with E-state index in [1.54, 1.807) is 6.20 Å². The van der Waals surface area contributed by atoms with Crippen LogP contribution in [0.25, 0.3) is 22.0 Å². The van der Waals surface area contributed by atoms with E-state index in [4.69, 9.17) is 9.72 Å². The molecule has 7 heterocycles. The number of likely N-dealkylation sites (tertiary alicyclic amines) is 2. The lowest BCUT2D eigenvalue weighted by atomic mass is 9.86. The van der Waals surface area contributed by atoms with Gasteiger partial charge in [0.15, 0.2) is 0 Å². The van der Waals surface area contributed by atoms with Crippen LogP contribution in [0.2, 0.25) is 0 Å². The van der Waals surface area contributed by atoms with Crippen LogP contribution in [0, 0.1) is 6.92 Å². The topological polar surface area (TPSA) is 160 Å². The third-order valence-electron chi connectivity index (χ3n) is 11.9. The quantitative estimate of drug-likeness (QED) is 0.176. The molecule has 0 bridgehead atoms. The van der Waals surface area contributed by atoms with Crippen LogP contribution in [0.4, 0.5) is 17.3 Å². The standard InChI is InChI=1S/C42H46N10O4/c1-26-35(23-44-41-39(26)43-14-19-56-41)30-6-7-31-21-45-42(48-36(31)20-30)47-32-22-46-52(24-32)33-12-17-51(18-13-33)38(54)25-50-15-10-28(11-16-50)27-2-4-29(5-3-27)34-8-9-37(53)49-40(34)55/h2-7,20-24,28,33-34,43H,8-19,25H2,1H3,(H,45,47,48)(H,49,53,55). The number of carbonyl (C=O) groups is 3. The Morgan fingerprint density at radius 1 is 0.929 bits per heavy atom. The summed E-state index contributed by atoms with van der Waals surface area (Å²) in [5.74, 6) is 1.11. The van der Waals surface area contributed by atoms with E-state index in [-0.39, 0.29) is 29.7 Å². The van der Waals surface area contributed by atoms with Gasteiger partial charge in [0.1, 0.15) is 12.3 Å². The fourth-order valence-electron chi connectivity index (χ4n) is 8.60. The summed E-state index contributed by atoms with van der Waals surface area (Å²) < 4.78 is 7.71. The molecule has 3 amide bonds. The van der Waals surface area contributed by atoms with Crippen LogP contribution in [0.3, 0.4) is 0 Å². The van der Waals surface area contributed by atoms with Crippen LogP contribution in [-0.2, 0) is 14.4 Å². The number of nitrogens with zero attached hydrogens (tertiary/aromatic N) is 7. The smallest absolute Gasteiger partial charge is 0.237 e. The number of imide groups is 1. The number of hydrogen-bond donors (Lipinski definition) is 3. The monoisotopic (exact) mass is 754 g/mol. The first-order chi connectivity index (χ1) is 27.3. The molecule has 5 aromatic rings. The zero-order valence-corrected chi connectivity index (χ0v) is 31.5. The van der Waals surface area contributed by atoms with E-state index in [0.717, 1.165) is 89.8 Å². The van der Waals surface area contributed by atoms with E-state index in [1.807, 2.05) is 46.4 Å². The average Bonchev–Trinajstić information content (AvgIpc) is 3.70. The number of nitrogens with one attached hydrogen (secondary N) is 3. The first kappa shape index (κ1) is 35.8. The molecule has 56 heavy (non-hydrogen) atoms. The Labute approximate surface area is 325 Å². The van der Waals surface area contributed by atoms with Gasteiger partial charge in [-0.15, -0.1) is 0 Å². The van der Waals surface area contributed by atoms with Gasteiger partial charge in [0.2, 0.25) is 29.5 Å². The van der Waals surface area contributed by atoms with Crippen LogP contribution in [0.15, 0.2) is 67.3 Å². The summed E-state index contributed by atoms with van der Waals surface area (Å²) in [6, 6.07) is 14.7. The van der Waals surface area contributed by atoms with Crippen molar-refractivity contribution in [1.29, 1.82) is 0 Å². The highest BCUT2D eigenvalue weighted by atomic mass is 16.5. The summed E-state index contributed by atoms with van der Waals surface area (Å²) in [6.45, 7) is 7.08. The molecule has 1 unspecified atom stereocenters. The largest absolute Gasteiger partial charge is 0.474 e. The van der Waals surface area contributed by atoms with Gasteiger partial charge in [0.05, 0.1) is 35.9 Å². The van der Waals surface area contributed by atoms with Crippen molar-refractivity contribution in [2.24, 2.45) is 0 Å². The molecule has 3 N–H and O–H groups in total. The maximum absolute atomic E-state index is 13.3. The van der Waals surface area contributed by atoms with E-state index < -0.39 is 0 Å². The van der Waals surface area contributed by atoms with E-state index in [9.17, 15) is 14.4 Å². The molecule has 288 valence electrons. The molecule has 3 saturated heterocycles. The first-order valence-corrected chi connectivity index (χ1v) is 19.7. The fourth-order valence-corrected chi connectivity index (χ4v) is 8.60. The number of carbonyl (C=O) groups excluding carboxylic acids is 3. The van der Waals surface area contributed by atoms with Crippen molar-refractivity contribution in [1.82, 2.24) is 39.8 Å². The molecule has 14 nitrogen and oxygen atoms in total. The number of piperidine rings is 3. The molecule has 4 aliphatic rings. The van der Waals surface area contributed by atoms with Gasteiger partial charge in [0.25, 0.3) is 0 Å². The molecular formula is C42H46N10O4. The summed E-state index contributed by atoms with van der Waals surface area (Å²) in [4.78, 5) is 55.4. The Kier molecular flexibility index (Phi) is 9.80. The SMILES string of the molecule is Cc1c(-c2ccc3cnc(Nc4cnn(C5CCN(C(=O)CN6CCC(c7ccc(C8CCC(=O)NC8=O)cc7)CC6)CC5)c4)nc3c2)cnc2c1NCCO2. The molecule has 2 aromatic carbocycles. The molecule has 3 aromatic heterocycles. The summed E-state index contributed by atoms with van der Waals surface area (Å²) >= 11 is 0. The summed E-state index contributed by atoms with van der Waals surface area (Å²) in [5.41, 5.74) is 7.96. The number of pyridine rings is 1. The normalized spacial score (nSPS) is 19.6. The highest BCUT2D eigenvalue weighted by molar-refractivity contribution is 6.01. The molecule has 0 saturated carbocycles. The third kappa shape index (κ3) is 7.40. The predicted molar refractivity (Wildman–Crippen MR) is 212 cm³/mol. The maximum atomic E-state index is 13.3. The van der Waals surface area contributed by atoms with Gasteiger partial charge in [-0.05, 0) is 86.4 Å². The lowest BCUT2D eigenvalue weighted by Crippen LogP contribution is -2.46. The molecular weight excluding hydrogens is 709 g/mol. The van der Waals surface area contributed by atoms with E-state index in [2.05, 4.69) is 67.1 Å². The van der Waals surface area contributed by atoms with Gasteiger partial charge in [0, 0.05) is 55.6 Å². The number of fused-ring (bicyclic) bond motifs is 2. The predicted octanol–water partition coefficient (Wildman–Crippen LogP) is 5.31. The molecule has 3 fully saturated rings. The van der Waals surface area contributed by atoms with Crippen LogP contribution in [0.5, 0.6) is 5.88 Å². The second kappa shape index (κ2) is 15.3. The minimum atomic E-state index is -0.260. The minimum Gasteiger partial charge on any atom is -0.474 e. The number of hydrogen-bond acceptors (Lipinski definition) is 11. The van der Waals surface area contributed by atoms with Crippen molar-refractivity contribution in [3.05, 3.63) is 83.9 Å². The van der Waals surface area contributed by atoms with Crippen LogP contribution in [0.1, 0.15) is 73.1 Å². The third-order valence-corrected chi connectivity index (χ3v) is 11.9. The van der Waals surface area contributed by atoms with Gasteiger partial charge in [-0.1, -0.05) is 36.4 Å². The Morgan fingerprint density at radius 3 is 2.54 bits per heavy atom. The lowest BCUT2D eigenvalue weighted by molar-refractivity contribution is -0.135. The summed E-state index contributed by atoms with van der Waals surface area (Å²) in [5, 5.41) is 14.8. The second-order valence-electron chi connectivity index (χ2n) is 15.4. The Balaban J connectivity index is 0.751. The number of aromatic nitrogens is 5. The Morgan fingerprint density at radius 2 is 1.73 bits per heavy atom. The van der Waals surface area contributed by atoms with E-state index in [0.29, 0.717) is 56.8 Å². The van der Waals surface area contributed by atoms with E-state index >= 15 is 0 Å². The van der Waals surface area contributed by atoms with Crippen LogP contribution < -0.4 is 20.7 Å². The van der Waals surface area contributed by atoms with Crippen molar-refractivity contribution in [3.63, 3.8) is 0 Å². The first-order valence-electron chi connectivity index (χ1n) is 19.7. The Bertz CT molecular complexity index is 2280. The molecule has 1 atom stereocenters. The molecule has 4 aliphatic heterocycles. The van der Waals surface area contributed by atoms with Gasteiger partial charge in [-0.2, -0.15) is 5.10 Å². The average molecular weight is 755 g/mol. The fraction of sp³-hybridized carbons (Fsp3) is 0.405. The van der Waals surface area contributed by atoms with Crippen molar-refractivity contribution in [2.75, 3.05) is 56.5 Å². The zero-order chi connectivity index (χ0) is 38.2. The number of benzene rings is 2. The van der Waals surface area contributed by atoms with Crippen LogP contribution in [-0.4, -0.2) is 98.1 Å². The minimum absolute atomic E-state index is 0.191. The Hall–Kier alpha value is -5.89. The molecule has 14 heteroatoms. The molecule has 0 aliphatic carbocycles. The van der Waals surface area contributed by atoms with Gasteiger partial charge < -0.3 is 20.3 Å². The number of anilines is 3. The summed E-state index contributed by atoms with van der Waals surface area (Å²) in [7, 11) is 0. The van der Waals surface area contributed by atoms with Crippen molar-refractivity contribution in [2.45, 2.75) is 63.3 Å². The maximum Gasteiger partial charge on any atom is 0.237 e. The van der Waals surface area contributed by atoms with Crippen molar-refractivity contribution >= 4 is 45.9 Å².